The van der Waals surface area contributed by atoms with Crippen LogP contribution >= 0.6 is 11.6 Å². The minimum absolute atomic E-state index is 0.121. The second-order valence-corrected chi connectivity index (χ2v) is 10.8. The Balaban J connectivity index is 1.18. The molecule has 2 heterocycles. The van der Waals surface area contributed by atoms with Crippen molar-refractivity contribution in [3.05, 3.63) is 142 Å². The molecule has 2 aromatic heterocycles. The third-order valence-electron chi connectivity index (χ3n) is 7.05. The monoisotopic (exact) mass is 623 g/mol. The van der Waals surface area contributed by atoms with E-state index in [1.807, 2.05) is 54.6 Å². The Morgan fingerprint density at radius 1 is 0.956 bits per heavy atom. The highest BCUT2D eigenvalue weighted by Gasteiger charge is 2.14. The fraction of sp³-hybridized carbons (Fsp3) is 0.167. The summed E-state index contributed by atoms with van der Waals surface area (Å²) in [5, 5.41) is 4.78. The predicted molar refractivity (Wildman–Crippen MR) is 176 cm³/mol. The molecule has 5 rings (SSSR count). The van der Waals surface area contributed by atoms with Crippen LogP contribution in [0, 0.1) is 13.8 Å². The van der Waals surface area contributed by atoms with Crippen molar-refractivity contribution in [2.45, 2.75) is 33.5 Å². The number of carbonyl (C=O) groups is 1. The maximum atomic E-state index is 12.7. The van der Waals surface area contributed by atoms with E-state index in [9.17, 15) is 4.79 Å². The van der Waals surface area contributed by atoms with Crippen LogP contribution in [0.1, 0.15) is 44.4 Å². The van der Waals surface area contributed by atoms with Crippen LogP contribution in [0.4, 0.5) is 0 Å². The lowest BCUT2D eigenvalue weighted by Crippen LogP contribution is -2.16. The molecule has 0 atom stereocenters. The number of nitrogens with zero attached hydrogens (tertiary/aromatic N) is 2. The van der Waals surface area contributed by atoms with Gasteiger partial charge in [-0.3, -0.25) is 4.79 Å². The maximum Gasteiger partial charge on any atom is 0.307 e. The number of furan rings is 1. The standard InChI is InChI=1S/C36H34ClN3O5/c1-5-6-28-19-27(20-34(42-4)35(28)44-22-26-9-11-29(37)12-10-26)21-38-39-36(41)33-18-17-32(45-33)23-43-31-15-13-30(14-16-31)40-24(2)7-8-25(40)3/h5,7-21H,1,6,22-23H2,2-4H3,(H,39,41)/b38-21+. The fourth-order valence-corrected chi connectivity index (χ4v) is 4.96. The van der Waals surface area contributed by atoms with Gasteiger partial charge in [-0.05, 0) is 104 Å². The summed E-state index contributed by atoms with van der Waals surface area (Å²) >= 11 is 5.99. The van der Waals surface area contributed by atoms with Gasteiger partial charge in [0.25, 0.3) is 0 Å². The summed E-state index contributed by atoms with van der Waals surface area (Å²) < 4.78 is 25.5. The zero-order valence-corrected chi connectivity index (χ0v) is 26.1. The zero-order valence-electron chi connectivity index (χ0n) is 25.4. The molecule has 0 unspecified atom stereocenters. The Kier molecular flexibility index (Phi) is 10.1. The first-order chi connectivity index (χ1) is 21.8. The Morgan fingerprint density at radius 2 is 1.69 bits per heavy atom. The van der Waals surface area contributed by atoms with Crippen molar-refractivity contribution in [3.63, 3.8) is 0 Å². The first kappa shape index (κ1) is 31.2. The second kappa shape index (κ2) is 14.5. The Hall–Kier alpha value is -5.21. The number of hydrogen-bond acceptors (Lipinski definition) is 6. The molecule has 0 radical (unpaired) electrons. The highest BCUT2D eigenvalue weighted by molar-refractivity contribution is 6.30. The summed E-state index contributed by atoms with van der Waals surface area (Å²) in [5.41, 5.74) is 8.45. The molecule has 0 bridgehead atoms. The largest absolute Gasteiger partial charge is 0.493 e. The third-order valence-corrected chi connectivity index (χ3v) is 7.30. The lowest BCUT2D eigenvalue weighted by molar-refractivity contribution is 0.0923. The van der Waals surface area contributed by atoms with Gasteiger partial charge in [-0.25, -0.2) is 5.43 Å². The summed E-state index contributed by atoms with van der Waals surface area (Å²) in [6.45, 7) is 8.52. The number of hydrazone groups is 1. The molecule has 9 heteroatoms. The minimum Gasteiger partial charge on any atom is -0.493 e. The molecule has 0 saturated carbocycles. The van der Waals surface area contributed by atoms with Crippen LogP contribution in [-0.4, -0.2) is 23.8 Å². The van der Waals surface area contributed by atoms with Crippen molar-refractivity contribution in [2.24, 2.45) is 5.10 Å². The summed E-state index contributed by atoms with van der Waals surface area (Å²) in [4.78, 5) is 12.7. The SMILES string of the molecule is C=CCc1cc(/C=N/NC(=O)c2ccc(COc3ccc(-n4c(C)ccc4C)cc3)o2)cc(OC)c1OCc1ccc(Cl)cc1. The van der Waals surface area contributed by atoms with E-state index < -0.39 is 5.91 Å². The molecule has 230 valence electrons. The Labute approximate surface area is 267 Å². The van der Waals surface area contributed by atoms with E-state index in [1.54, 1.807) is 31.4 Å². The number of amides is 1. The smallest absolute Gasteiger partial charge is 0.307 e. The molecular formula is C36H34ClN3O5. The van der Waals surface area contributed by atoms with Gasteiger partial charge in [0.15, 0.2) is 17.3 Å². The second-order valence-electron chi connectivity index (χ2n) is 10.3. The quantitative estimate of drug-likeness (QED) is 0.0816. The van der Waals surface area contributed by atoms with Crippen molar-refractivity contribution in [2.75, 3.05) is 7.11 Å². The number of aromatic nitrogens is 1. The van der Waals surface area contributed by atoms with Crippen molar-refractivity contribution >= 4 is 23.7 Å². The van der Waals surface area contributed by atoms with E-state index in [0.717, 1.165) is 28.2 Å². The summed E-state index contributed by atoms with van der Waals surface area (Å²) in [7, 11) is 1.57. The molecule has 0 spiro atoms. The number of ether oxygens (including phenoxy) is 3. The first-order valence-electron chi connectivity index (χ1n) is 14.3. The summed E-state index contributed by atoms with van der Waals surface area (Å²) in [6.07, 6.45) is 3.86. The molecule has 0 aliphatic carbocycles. The van der Waals surface area contributed by atoms with Gasteiger partial charge in [0.1, 0.15) is 24.7 Å². The number of aryl methyl sites for hydroxylation is 2. The van der Waals surface area contributed by atoms with Gasteiger partial charge >= 0.3 is 5.91 Å². The van der Waals surface area contributed by atoms with E-state index in [2.05, 4.69) is 47.7 Å². The number of rotatable bonds is 13. The number of allylic oxidation sites excluding steroid dienone is 1. The summed E-state index contributed by atoms with van der Waals surface area (Å²) in [5.74, 6) is 1.99. The Morgan fingerprint density at radius 3 is 2.38 bits per heavy atom. The lowest BCUT2D eigenvalue weighted by Gasteiger charge is -2.16. The zero-order chi connectivity index (χ0) is 31.8. The molecule has 0 saturated heterocycles. The number of methoxy groups -OCH3 is 1. The molecule has 1 amide bonds. The van der Waals surface area contributed by atoms with E-state index in [1.165, 1.54) is 6.21 Å². The van der Waals surface area contributed by atoms with Gasteiger partial charge < -0.3 is 23.2 Å². The molecule has 3 aromatic carbocycles. The van der Waals surface area contributed by atoms with Crippen molar-refractivity contribution in [1.29, 1.82) is 0 Å². The predicted octanol–water partition coefficient (Wildman–Crippen LogP) is 8.00. The van der Waals surface area contributed by atoms with Crippen LogP contribution in [0.2, 0.25) is 5.02 Å². The van der Waals surface area contributed by atoms with Crippen molar-refractivity contribution < 1.29 is 23.4 Å². The number of halogens is 1. The molecule has 0 aliphatic rings. The molecule has 0 fully saturated rings. The molecule has 0 aliphatic heterocycles. The highest BCUT2D eigenvalue weighted by Crippen LogP contribution is 2.34. The number of carbonyl (C=O) groups excluding carboxylic acids is 1. The van der Waals surface area contributed by atoms with Gasteiger partial charge in [-0.1, -0.05) is 29.8 Å². The maximum absolute atomic E-state index is 12.7. The molecule has 1 N–H and O–H groups in total. The average Bonchev–Trinajstić information content (AvgIpc) is 3.66. The van der Waals surface area contributed by atoms with Crippen LogP contribution in [0.3, 0.4) is 0 Å². The molecule has 8 nitrogen and oxygen atoms in total. The van der Waals surface area contributed by atoms with Gasteiger partial charge in [-0.2, -0.15) is 5.10 Å². The molecule has 5 aromatic rings. The number of benzene rings is 3. The van der Waals surface area contributed by atoms with Gasteiger partial charge in [0.05, 0.1) is 13.3 Å². The average molecular weight is 624 g/mol. The van der Waals surface area contributed by atoms with Crippen LogP contribution in [-0.2, 0) is 19.6 Å². The normalized spacial score (nSPS) is 11.0. The Bertz CT molecular complexity index is 1780. The number of nitrogens with one attached hydrogen (secondary N) is 1. The lowest BCUT2D eigenvalue weighted by atomic mass is 10.1. The minimum atomic E-state index is -0.486. The summed E-state index contributed by atoms with van der Waals surface area (Å²) in [6, 6.07) is 26.5. The van der Waals surface area contributed by atoms with Crippen molar-refractivity contribution in [3.8, 4) is 22.9 Å². The van der Waals surface area contributed by atoms with Gasteiger partial charge in [0.2, 0.25) is 0 Å². The fourth-order valence-electron chi connectivity index (χ4n) is 4.84. The van der Waals surface area contributed by atoms with Gasteiger partial charge in [0, 0.05) is 27.7 Å². The van der Waals surface area contributed by atoms with E-state index >= 15 is 0 Å². The first-order valence-corrected chi connectivity index (χ1v) is 14.7. The van der Waals surface area contributed by atoms with Crippen LogP contribution < -0.4 is 19.6 Å². The van der Waals surface area contributed by atoms with Crippen LogP contribution in [0.25, 0.3) is 5.69 Å². The van der Waals surface area contributed by atoms with E-state index in [4.69, 9.17) is 30.2 Å². The van der Waals surface area contributed by atoms with Crippen LogP contribution in [0.5, 0.6) is 17.2 Å². The van der Waals surface area contributed by atoms with E-state index in [0.29, 0.717) is 46.6 Å². The third kappa shape index (κ3) is 7.85. The topological polar surface area (TPSA) is 87.2 Å². The number of hydrogen-bond donors (Lipinski definition) is 1. The molecule has 45 heavy (non-hydrogen) atoms. The van der Waals surface area contributed by atoms with Crippen molar-refractivity contribution in [1.82, 2.24) is 9.99 Å². The highest BCUT2D eigenvalue weighted by atomic mass is 35.5. The van der Waals surface area contributed by atoms with E-state index in [-0.39, 0.29) is 12.4 Å². The molecular weight excluding hydrogens is 590 g/mol. The van der Waals surface area contributed by atoms with Gasteiger partial charge in [-0.15, -0.1) is 6.58 Å². The van der Waals surface area contributed by atoms with Crippen LogP contribution in [0.15, 0.2) is 107 Å².